The summed E-state index contributed by atoms with van der Waals surface area (Å²) in [6.07, 6.45) is 2.03. The second-order valence-corrected chi connectivity index (χ2v) is 6.83. The molecule has 0 aliphatic heterocycles. The van der Waals surface area contributed by atoms with E-state index >= 15 is 0 Å². The van der Waals surface area contributed by atoms with Crippen molar-refractivity contribution in [1.82, 2.24) is 15.6 Å². The number of hydrogen-bond donors (Lipinski definition) is 2. The number of amides is 2. The number of aromatic nitrogens is 1. The van der Waals surface area contributed by atoms with Gasteiger partial charge in [-0.3, -0.25) is 9.59 Å². The van der Waals surface area contributed by atoms with Gasteiger partial charge in [0, 0.05) is 17.0 Å². The Morgan fingerprint density at radius 2 is 1.86 bits per heavy atom. The molecule has 6 heteroatoms. The molecule has 0 radical (unpaired) electrons. The molecule has 2 N–H and O–H groups in total. The van der Waals surface area contributed by atoms with Crippen LogP contribution in [0.25, 0.3) is 22.2 Å². The highest BCUT2D eigenvalue weighted by atomic mass is 16.5. The second kappa shape index (κ2) is 7.68. The molecule has 28 heavy (non-hydrogen) atoms. The van der Waals surface area contributed by atoms with Crippen LogP contribution in [-0.4, -0.2) is 36.5 Å². The maximum atomic E-state index is 12.8. The van der Waals surface area contributed by atoms with Gasteiger partial charge in [0.1, 0.15) is 5.75 Å². The summed E-state index contributed by atoms with van der Waals surface area (Å²) in [5.41, 5.74) is 2.79. The van der Waals surface area contributed by atoms with Gasteiger partial charge in [0.25, 0.3) is 5.91 Å². The smallest absolute Gasteiger partial charge is 0.252 e. The van der Waals surface area contributed by atoms with Crippen molar-refractivity contribution in [3.05, 3.63) is 60.2 Å². The third-order valence-electron chi connectivity index (χ3n) is 4.70. The van der Waals surface area contributed by atoms with Gasteiger partial charge in [-0.25, -0.2) is 4.98 Å². The molecule has 1 aromatic heterocycles. The van der Waals surface area contributed by atoms with Gasteiger partial charge in [0.2, 0.25) is 5.91 Å². The van der Waals surface area contributed by atoms with Crippen LogP contribution in [0, 0.1) is 0 Å². The van der Waals surface area contributed by atoms with Gasteiger partial charge in [-0.2, -0.15) is 0 Å². The van der Waals surface area contributed by atoms with Crippen LogP contribution in [0.15, 0.2) is 54.6 Å². The van der Waals surface area contributed by atoms with Gasteiger partial charge in [-0.05, 0) is 49.2 Å². The number of para-hydroxylation sites is 1. The number of ether oxygens (including phenoxy) is 1. The summed E-state index contributed by atoms with van der Waals surface area (Å²) in [7, 11) is 1.62. The quantitative estimate of drug-likeness (QED) is 0.694. The first-order chi connectivity index (χ1) is 13.6. The molecule has 0 saturated heterocycles. The summed E-state index contributed by atoms with van der Waals surface area (Å²) in [6, 6.07) is 17.0. The topological polar surface area (TPSA) is 80.3 Å². The van der Waals surface area contributed by atoms with Gasteiger partial charge in [-0.15, -0.1) is 0 Å². The van der Waals surface area contributed by atoms with Gasteiger partial charge in [-0.1, -0.05) is 18.2 Å². The predicted molar refractivity (Wildman–Crippen MR) is 107 cm³/mol. The molecule has 2 aromatic carbocycles. The third-order valence-corrected chi connectivity index (χ3v) is 4.70. The standard InChI is InChI=1S/C22H21N3O3/c1-28-16-10-6-14(7-11-16)20-12-18(17-4-2-3-5-19(17)25-20)22(27)23-13-21(26)24-15-8-9-15/h2-7,10-12,15H,8-9,13H2,1H3,(H,23,27)(H,24,26). The van der Waals surface area contributed by atoms with E-state index in [2.05, 4.69) is 15.6 Å². The Hall–Kier alpha value is -3.41. The third kappa shape index (κ3) is 3.96. The monoisotopic (exact) mass is 375 g/mol. The van der Waals surface area contributed by atoms with Crippen molar-refractivity contribution in [3.8, 4) is 17.0 Å². The minimum atomic E-state index is -0.292. The molecule has 0 bridgehead atoms. The Bertz CT molecular complexity index is 1030. The fourth-order valence-corrected chi connectivity index (χ4v) is 3.04. The SMILES string of the molecule is COc1ccc(-c2cc(C(=O)NCC(=O)NC3CC3)c3ccccc3n2)cc1. The van der Waals surface area contributed by atoms with Crippen LogP contribution < -0.4 is 15.4 Å². The summed E-state index contributed by atoms with van der Waals surface area (Å²) in [5.74, 6) is 0.299. The predicted octanol–water partition coefficient (Wildman–Crippen LogP) is 2.92. The molecule has 1 heterocycles. The summed E-state index contributed by atoms with van der Waals surface area (Å²) in [6.45, 7) is -0.0378. The zero-order valence-electron chi connectivity index (χ0n) is 15.6. The Morgan fingerprint density at radius 1 is 1.11 bits per heavy atom. The highest BCUT2D eigenvalue weighted by Crippen LogP contribution is 2.26. The second-order valence-electron chi connectivity index (χ2n) is 6.83. The van der Waals surface area contributed by atoms with E-state index in [1.54, 1.807) is 13.2 Å². The number of nitrogens with zero attached hydrogens (tertiary/aromatic N) is 1. The van der Waals surface area contributed by atoms with Crippen LogP contribution in [0.4, 0.5) is 0 Å². The molecule has 1 saturated carbocycles. The highest BCUT2D eigenvalue weighted by molar-refractivity contribution is 6.08. The largest absolute Gasteiger partial charge is 0.497 e. The molecule has 1 aliphatic rings. The number of carbonyl (C=O) groups is 2. The molecule has 1 aliphatic carbocycles. The minimum absolute atomic E-state index is 0.0378. The van der Waals surface area contributed by atoms with Gasteiger partial charge < -0.3 is 15.4 Å². The van der Waals surface area contributed by atoms with Crippen molar-refractivity contribution in [3.63, 3.8) is 0 Å². The lowest BCUT2D eigenvalue weighted by Crippen LogP contribution is -2.37. The van der Waals surface area contributed by atoms with Crippen molar-refractivity contribution in [1.29, 1.82) is 0 Å². The lowest BCUT2D eigenvalue weighted by Gasteiger charge is -2.11. The molecule has 0 unspecified atom stereocenters. The molecule has 0 atom stereocenters. The van der Waals surface area contributed by atoms with Crippen LogP contribution in [0.3, 0.4) is 0 Å². The summed E-state index contributed by atoms with van der Waals surface area (Å²) >= 11 is 0. The molecule has 1 fully saturated rings. The number of benzene rings is 2. The average molecular weight is 375 g/mol. The maximum absolute atomic E-state index is 12.8. The highest BCUT2D eigenvalue weighted by Gasteiger charge is 2.23. The number of methoxy groups -OCH3 is 1. The van der Waals surface area contributed by atoms with Crippen LogP contribution >= 0.6 is 0 Å². The van der Waals surface area contributed by atoms with E-state index in [4.69, 9.17) is 4.74 Å². The van der Waals surface area contributed by atoms with Crippen molar-refractivity contribution in [2.45, 2.75) is 18.9 Å². The lowest BCUT2D eigenvalue weighted by atomic mass is 10.0. The van der Waals surface area contributed by atoms with Crippen LogP contribution in [0.1, 0.15) is 23.2 Å². The van der Waals surface area contributed by atoms with Crippen LogP contribution in [0.5, 0.6) is 5.75 Å². The van der Waals surface area contributed by atoms with Crippen molar-refractivity contribution >= 4 is 22.7 Å². The van der Waals surface area contributed by atoms with Crippen LogP contribution in [0.2, 0.25) is 0 Å². The molecule has 6 nitrogen and oxygen atoms in total. The molecular formula is C22H21N3O3. The Balaban J connectivity index is 1.63. The molecule has 142 valence electrons. The fraction of sp³-hybridized carbons (Fsp3) is 0.227. The molecular weight excluding hydrogens is 354 g/mol. The summed E-state index contributed by atoms with van der Waals surface area (Å²) in [5, 5.41) is 6.34. The minimum Gasteiger partial charge on any atom is -0.497 e. The Morgan fingerprint density at radius 3 is 2.57 bits per heavy atom. The zero-order chi connectivity index (χ0) is 19.5. The Labute approximate surface area is 162 Å². The maximum Gasteiger partial charge on any atom is 0.252 e. The van der Waals surface area contributed by atoms with E-state index in [1.165, 1.54) is 0 Å². The fourth-order valence-electron chi connectivity index (χ4n) is 3.04. The van der Waals surface area contributed by atoms with E-state index in [0.717, 1.165) is 35.1 Å². The van der Waals surface area contributed by atoms with Gasteiger partial charge in [0.15, 0.2) is 0 Å². The number of rotatable bonds is 6. The molecule has 3 aromatic rings. The van der Waals surface area contributed by atoms with Crippen molar-refractivity contribution in [2.75, 3.05) is 13.7 Å². The molecule has 4 rings (SSSR count). The van der Waals surface area contributed by atoms with E-state index in [-0.39, 0.29) is 24.4 Å². The van der Waals surface area contributed by atoms with E-state index in [1.807, 2.05) is 48.5 Å². The summed E-state index contributed by atoms with van der Waals surface area (Å²) < 4.78 is 5.20. The van der Waals surface area contributed by atoms with E-state index in [9.17, 15) is 9.59 Å². The van der Waals surface area contributed by atoms with E-state index in [0.29, 0.717) is 11.3 Å². The number of nitrogens with one attached hydrogen (secondary N) is 2. The zero-order valence-corrected chi connectivity index (χ0v) is 15.6. The number of hydrogen-bond acceptors (Lipinski definition) is 4. The average Bonchev–Trinajstić information content (AvgIpc) is 3.55. The van der Waals surface area contributed by atoms with Crippen molar-refractivity contribution in [2.24, 2.45) is 0 Å². The normalized spacial score (nSPS) is 13.2. The number of pyridine rings is 1. The van der Waals surface area contributed by atoms with E-state index < -0.39 is 0 Å². The molecule has 2 amide bonds. The first-order valence-electron chi connectivity index (χ1n) is 9.26. The number of carbonyl (C=O) groups excluding carboxylic acids is 2. The molecule has 0 spiro atoms. The van der Waals surface area contributed by atoms with Crippen LogP contribution in [-0.2, 0) is 4.79 Å². The number of fused-ring (bicyclic) bond motifs is 1. The lowest BCUT2D eigenvalue weighted by molar-refractivity contribution is -0.120. The summed E-state index contributed by atoms with van der Waals surface area (Å²) in [4.78, 5) is 29.4. The Kier molecular flexibility index (Phi) is 4.93. The first kappa shape index (κ1) is 18.0. The van der Waals surface area contributed by atoms with Gasteiger partial charge in [0.05, 0.1) is 30.4 Å². The van der Waals surface area contributed by atoms with Crippen molar-refractivity contribution < 1.29 is 14.3 Å². The first-order valence-corrected chi connectivity index (χ1v) is 9.26. The van der Waals surface area contributed by atoms with Gasteiger partial charge >= 0.3 is 0 Å².